The molecule has 0 radical (unpaired) electrons. The summed E-state index contributed by atoms with van der Waals surface area (Å²) in [6, 6.07) is 6.68. The average Bonchev–Trinajstić information content (AvgIpc) is 2.74. The van der Waals surface area contributed by atoms with E-state index in [1.807, 2.05) is 0 Å². The van der Waals surface area contributed by atoms with Crippen LogP contribution < -0.4 is 5.32 Å². The van der Waals surface area contributed by atoms with Gasteiger partial charge in [0.2, 0.25) is 0 Å². The van der Waals surface area contributed by atoms with Crippen molar-refractivity contribution in [2.24, 2.45) is 0 Å². The minimum absolute atomic E-state index is 0.411. The molecule has 5 heteroatoms. The van der Waals surface area contributed by atoms with Crippen LogP contribution in [0.3, 0.4) is 0 Å². The lowest BCUT2D eigenvalue weighted by Gasteiger charge is -2.10. The van der Waals surface area contributed by atoms with E-state index in [4.69, 9.17) is 0 Å². The summed E-state index contributed by atoms with van der Waals surface area (Å²) in [5.74, 6) is 0.829. The van der Waals surface area contributed by atoms with Gasteiger partial charge in [-0.25, -0.2) is 0 Å². The van der Waals surface area contributed by atoms with E-state index in [0.717, 1.165) is 11.5 Å². The van der Waals surface area contributed by atoms with E-state index in [9.17, 15) is 0 Å². The molecule has 2 rings (SSSR count). The van der Waals surface area contributed by atoms with Crippen molar-refractivity contribution in [3.05, 3.63) is 35.2 Å². The number of hydrogen-bond acceptors (Lipinski definition) is 4. The molecule has 0 bridgehead atoms. The van der Waals surface area contributed by atoms with Crippen LogP contribution in [-0.4, -0.2) is 26.2 Å². The van der Waals surface area contributed by atoms with Crippen LogP contribution in [0.5, 0.6) is 0 Å². The predicted octanol–water partition coefficient (Wildman–Crippen LogP) is 1.78. The summed E-state index contributed by atoms with van der Waals surface area (Å²) >= 11 is 0. The van der Waals surface area contributed by atoms with Gasteiger partial charge in [-0.1, -0.05) is 31.5 Å². The van der Waals surface area contributed by atoms with Gasteiger partial charge in [0.05, 0.1) is 12.2 Å². The second-order valence-corrected chi connectivity index (χ2v) is 4.83. The third kappa shape index (κ3) is 2.73. The van der Waals surface area contributed by atoms with Crippen LogP contribution >= 0.6 is 0 Å². The van der Waals surface area contributed by atoms with E-state index in [2.05, 4.69) is 66.7 Å². The molecule has 18 heavy (non-hydrogen) atoms. The van der Waals surface area contributed by atoms with E-state index in [0.29, 0.717) is 12.6 Å². The zero-order valence-electron chi connectivity index (χ0n) is 11.3. The molecule has 0 aliphatic rings. The number of tetrazole rings is 1. The van der Waals surface area contributed by atoms with Crippen LogP contribution in [0.4, 0.5) is 0 Å². The predicted molar refractivity (Wildman–Crippen MR) is 70.6 cm³/mol. The van der Waals surface area contributed by atoms with Gasteiger partial charge in [-0.3, -0.25) is 0 Å². The highest BCUT2D eigenvalue weighted by atomic mass is 15.5. The van der Waals surface area contributed by atoms with Crippen molar-refractivity contribution >= 4 is 0 Å². The third-order valence-corrected chi connectivity index (χ3v) is 2.78. The Hall–Kier alpha value is -1.75. The zero-order valence-corrected chi connectivity index (χ0v) is 11.3. The number of nitrogens with one attached hydrogen (secondary N) is 1. The van der Waals surface area contributed by atoms with E-state index >= 15 is 0 Å². The Bertz CT molecular complexity index is 530. The minimum Gasteiger partial charge on any atom is -0.308 e. The second-order valence-electron chi connectivity index (χ2n) is 4.83. The van der Waals surface area contributed by atoms with Crippen LogP contribution in [0.2, 0.25) is 0 Å². The van der Waals surface area contributed by atoms with Gasteiger partial charge < -0.3 is 5.32 Å². The summed E-state index contributed by atoms with van der Waals surface area (Å²) < 4.78 is 1.80. The maximum Gasteiger partial charge on any atom is 0.170 e. The molecular weight excluding hydrogens is 226 g/mol. The first-order valence-corrected chi connectivity index (χ1v) is 6.16. The molecule has 2 aromatic rings. The van der Waals surface area contributed by atoms with Crippen molar-refractivity contribution in [2.75, 3.05) is 0 Å². The van der Waals surface area contributed by atoms with Crippen molar-refractivity contribution < 1.29 is 0 Å². The number of aromatic nitrogens is 4. The molecular formula is C13H19N5. The number of rotatable bonds is 4. The Kier molecular flexibility index (Phi) is 3.72. The van der Waals surface area contributed by atoms with Crippen LogP contribution in [0, 0.1) is 13.8 Å². The van der Waals surface area contributed by atoms with E-state index < -0.39 is 0 Å². The van der Waals surface area contributed by atoms with Gasteiger partial charge in [0.15, 0.2) is 5.82 Å². The summed E-state index contributed by atoms with van der Waals surface area (Å²) in [7, 11) is 0. The van der Waals surface area contributed by atoms with Gasteiger partial charge in [-0.15, -0.1) is 5.10 Å². The normalized spacial score (nSPS) is 11.2. The molecule has 96 valence electrons. The lowest BCUT2D eigenvalue weighted by molar-refractivity contribution is 0.563. The SMILES string of the molecule is Cc1ccc(-n2nnnc2CNC(C)C)c(C)c1. The maximum atomic E-state index is 4.07. The molecule has 0 atom stereocenters. The molecule has 0 saturated heterocycles. The largest absolute Gasteiger partial charge is 0.308 e. The molecule has 1 N–H and O–H groups in total. The van der Waals surface area contributed by atoms with Crippen LogP contribution in [0.25, 0.3) is 5.69 Å². The maximum absolute atomic E-state index is 4.07. The summed E-state index contributed by atoms with van der Waals surface area (Å²) in [6.45, 7) is 9.02. The van der Waals surface area contributed by atoms with Gasteiger partial charge in [0.25, 0.3) is 0 Å². The first-order valence-electron chi connectivity index (χ1n) is 6.16. The molecule has 0 amide bonds. The quantitative estimate of drug-likeness (QED) is 0.892. The van der Waals surface area contributed by atoms with Crippen LogP contribution in [0.15, 0.2) is 18.2 Å². The molecule has 0 fully saturated rings. The van der Waals surface area contributed by atoms with E-state index in [-0.39, 0.29) is 0 Å². The third-order valence-electron chi connectivity index (χ3n) is 2.78. The van der Waals surface area contributed by atoms with Crippen molar-refractivity contribution in [3.63, 3.8) is 0 Å². The number of hydrogen-bond donors (Lipinski definition) is 1. The number of benzene rings is 1. The van der Waals surface area contributed by atoms with E-state index in [1.54, 1.807) is 4.68 Å². The fourth-order valence-electron chi connectivity index (χ4n) is 1.84. The molecule has 0 spiro atoms. The molecule has 5 nitrogen and oxygen atoms in total. The van der Waals surface area contributed by atoms with Gasteiger partial charge in [-0.2, -0.15) is 4.68 Å². The molecule has 0 unspecified atom stereocenters. The first-order chi connectivity index (χ1) is 8.58. The smallest absolute Gasteiger partial charge is 0.170 e. The Morgan fingerprint density at radius 1 is 1.28 bits per heavy atom. The van der Waals surface area contributed by atoms with Gasteiger partial charge in [-0.05, 0) is 35.9 Å². The van der Waals surface area contributed by atoms with Gasteiger partial charge in [0, 0.05) is 6.04 Å². The fourth-order valence-corrected chi connectivity index (χ4v) is 1.84. The second kappa shape index (κ2) is 5.27. The Morgan fingerprint density at radius 3 is 2.72 bits per heavy atom. The number of nitrogens with zero attached hydrogens (tertiary/aromatic N) is 4. The Balaban J connectivity index is 2.30. The summed E-state index contributed by atoms with van der Waals surface area (Å²) in [5, 5.41) is 15.2. The van der Waals surface area contributed by atoms with Gasteiger partial charge >= 0.3 is 0 Å². The molecule has 1 heterocycles. The molecule has 0 aliphatic heterocycles. The van der Waals surface area contributed by atoms with Crippen molar-refractivity contribution in [1.29, 1.82) is 0 Å². The van der Waals surface area contributed by atoms with Crippen molar-refractivity contribution in [2.45, 2.75) is 40.3 Å². The molecule has 0 aliphatic carbocycles. The van der Waals surface area contributed by atoms with Crippen molar-refractivity contribution in [3.8, 4) is 5.69 Å². The molecule has 1 aromatic heterocycles. The Morgan fingerprint density at radius 2 is 2.06 bits per heavy atom. The minimum atomic E-state index is 0.411. The highest BCUT2D eigenvalue weighted by Crippen LogP contribution is 2.15. The summed E-state index contributed by atoms with van der Waals surface area (Å²) in [4.78, 5) is 0. The molecule has 1 aromatic carbocycles. The van der Waals surface area contributed by atoms with Gasteiger partial charge in [0.1, 0.15) is 0 Å². The fraction of sp³-hybridized carbons (Fsp3) is 0.462. The standard InChI is InChI=1S/C13H19N5/c1-9(2)14-8-13-15-16-17-18(13)12-6-5-10(3)7-11(12)4/h5-7,9,14H,8H2,1-4H3. The summed E-state index contributed by atoms with van der Waals surface area (Å²) in [5.41, 5.74) is 3.45. The van der Waals surface area contributed by atoms with Crippen LogP contribution in [0.1, 0.15) is 30.8 Å². The lowest BCUT2D eigenvalue weighted by Crippen LogP contribution is -2.24. The topological polar surface area (TPSA) is 55.6 Å². The first kappa shape index (κ1) is 12.7. The monoisotopic (exact) mass is 245 g/mol. The lowest BCUT2D eigenvalue weighted by atomic mass is 10.1. The number of aryl methyl sites for hydroxylation is 2. The summed E-state index contributed by atoms with van der Waals surface area (Å²) in [6.07, 6.45) is 0. The Labute approximate surface area is 107 Å². The van der Waals surface area contributed by atoms with E-state index in [1.165, 1.54) is 11.1 Å². The van der Waals surface area contributed by atoms with Crippen molar-refractivity contribution in [1.82, 2.24) is 25.5 Å². The molecule has 0 saturated carbocycles. The van der Waals surface area contributed by atoms with Crippen LogP contribution in [-0.2, 0) is 6.54 Å². The average molecular weight is 245 g/mol. The zero-order chi connectivity index (χ0) is 13.1. The highest BCUT2D eigenvalue weighted by Gasteiger charge is 2.10. The highest BCUT2D eigenvalue weighted by molar-refractivity contribution is 5.42.